The van der Waals surface area contributed by atoms with Gasteiger partial charge in [-0.3, -0.25) is 9.36 Å². The van der Waals surface area contributed by atoms with Gasteiger partial charge in [0.15, 0.2) is 10.3 Å². The Balaban J connectivity index is 1.23. The van der Waals surface area contributed by atoms with Crippen molar-refractivity contribution in [1.82, 2.24) is 14.8 Å². The molecule has 1 fully saturated rings. The summed E-state index contributed by atoms with van der Waals surface area (Å²) in [6, 6.07) is 28.7. The fourth-order valence-electron chi connectivity index (χ4n) is 4.20. The molecule has 9 heteroatoms. The van der Waals surface area contributed by atoms with Crippen molar-refractivity contribution in [2.75, 3.05) is 22.1 Å². The van der Waals surface area contributed by atoms with Gasteiger partial charge in [-0.2, -0.15) is 0 Å². The normalized spacial score (nSPS) is 16.5. The van der Waals surface area contributed by atoms with Crippen LogP contribution in [-0.4, -0.2) is 39.3 Å². The molecule has 1 amide bonds. The molecule has 2 unspecified atom stereocenters. The molecule has 1 aromatic heterocycles. The average Bonchev–Trinajstić information content (AvgIpc) is 3.54. The van der Waals surface area contributed by atoms with Gasteiger partial charge in [-0.05, 0) is 48.9 Å². The molecular weight excluding hydrogens is 476 g/mol. The molecule has 0 aliphatic heterocycles. The molecule has 1 heterocycles. The van der Waals surface area contributed by atoms with E-state index in [0.717, 1.165) is 23.5 Å². The summed E-state index contributed by atoms with van der Waals surface area (Å²) in [4.78, 5) is 15.2. The quantitative estimate of drug-likeness (QED) is 0.244. The molecule has 35 heavy (non-hydrogen) atoms. The van der Waals surface area contributed by atoms with Gasteiger partial charge in [0.2, 0.25) is 5.91 Å². The molecule has 3 aromatic carbocycles. The third-order valence-corrected chi connectivity index (χ3v) is 6.55. The number of aromatic nitrogens is 3. The summed E-state index contributed by atoms with van der Waals surface area (Å²) in [5, 5.41) is 15.3. The predicted molar refractivity (Wildman–Crippen MR) is 145 cm³/mol. The Morgan fingerprint density at radius 1 is 0.914 bits per heavy atom. The van der Waals surface area contributed by atoms with Crippen LogP contribution in [0.2, 0.25) is 0 Å². The summed E-state index contributed by atoms with van der Waals surface area (Å²) in [6.45, 7) is 0.625. The van der Waals surface area contributed by atoms with E-state index < -0.39 is 0 Å². The van der Waals surface area contributed by atoms with Gasteiger partial charge in [0.1, 0.15) is 0 Å². The molecule has 178 valence electrons. The van der Waals surface area contributed by atoms with E-state index in [0.29, 0.717) is 41.0 Å². The number of carbonyl (C=O) groups excluding carboxylic acids is 1. The summed E-state index contributed by atoms with van der Waals surface area (Å²) in [7, 11) is 0. The van der Waals surface area contributed by atoms with Gasteiger partial charge in [0, 0.05) is 36.1 Å². The van der Waals surface area contributed by atoms with Crippen LogP contribution in [-0.2, 0) is 4.79 Å². The Morgan fingerprint density at radius 3 is 2.29 bits per heavy atom. The topological polar surface area (TPSA) is 75.1 Å². The molecule has 0 bridgehead atoms. The first-order valence-corrected chi connectivity index (χ1v) is 12.3. The molecule has 0 saturated heterocycles. The lowest BCUT2D eigenvalue weighted by Crippen LogP contribution is -2.33. The van der Waals surface area contributed by atoms with Crippen LogP contribution < -0.4 is 15.5 Å². The van der Waals surface area contributed by atoms with E-state index in [4.69, 9.17) is 0 Å². The number of hydrogen-bond acceptors (Lipinski definition) is 7. The van der Waals surface area contributed by atoms with Crippen LogP contribution in [0.25, 0.3) is 5.69 Å². The monoisotopic (exact) mass is 502 g/mol. The van der Waals surface area contributed by atoms with E-state index in [2.05, 4.69) is 75.3 Å². The van der Waals surface area contributed by atoms with Gasteiger partial charge >= 0.3 is 0 Å². The molecule has 0 radical (unpaired) electrons. The maximum atomic E-state index is 12.9. The zero-order valence-corrected chi connectivity index (χ0v) is 20.7. The van der Waals surface area contributed by atoms with Gasteiger partial charge in [-0.25, -0.2) is 0 Å². The molecule has 2 atom stereocenters. The number of amides is 1. The standard InChI is InChI=1S/C26H26N6OS2/c33-24(28-19-10-7-13-21(16-19)32-25(34)29-30-26(32)35)14-15-31(20-11-5-2-6-12-20)23-17-22(23)27-18-8-3-1-4-9-18/h1-13,16,22-23,27H,14-15,17H2,(H,28,33)(H,29,34)(H,30,35). The third-order valence-electron chi connectivity index (χ3n) is 5.97. The fraction of sp³-hybridized carbons (Fsp3) is 0.192. The van der Waals surface area contributed by atoms with Crippen molar-refractivity contribution in [3.05, 3.63) is 84.9 Å². The summed E-state index contributed by atoms with van der Waals surface area (Å²) < 4.78 is 1.70. The average molecular weight is 503 g/mol. The minimum Gasteiger partial charge on any atom is -0.380 e. The number of benzene rings is 3. The molecule has 1 aliphatic rings. The van der Waals surface area contributed by atoms with Gasteiger partial charge in [-0.15, -0.1) is 35.5 Å². The van der Waals surface area contributed by atoms with Crippen LogP contribution in [0.1, 0.15) is 12.8 Å². The number of nitrogens with zero attached hydrogens (tertiary/aromatic N) is 4. The number of para-hydroxylation sites is 2. The van der Waals surface area contributed by atoms with Crippen LogP contribution in [0.4, 0.5) is 17.1 Å². The van der Waals surface area contributed by atoms with E-state index in [1.807, 2.05) is 60.7 Å². The van der Waals surface area contributed by atoms with Gasteiger partial charge in [-0.1, -0.05) is 42.5 Å². The highest BCUT2D eigenvalue weighted by atomic mass is 32.1. The van der Waals surface area contributed by atoms with E-state index in [-0.39, 0.29) is 5.91 Å². The zero-order valence-electron chi connectivity index (χ0n) is 19.0. The molecule has 7 nitrogen and oxygen atoms in total. The SMILES string of the molecule is O=C(CCN(c1ccccc1)C1CC1Nc1ccccc1)Nc1cccc(-n2c(S)nnc2S)c1. The van der Waals surface area contributed by atoms with Crippen LogP contribution in [0, 0.1) is 0 Å². The maximum absolute atomic E-state index is 12.9. The van der Waals surface area contributed by atoms with Crippen molar-refractivity contribution < 1.29 is 4.79 Å². The molecule has 1 aliphatic carbocycles. The third kappa shape index (κ3) is 5.63. The fourth-order valence-corrected chi connectivity index (χ4v) is 4.79. The smallest absolute Gasteiger partial charge is 0.226 e. The lowest BCUT2D eigenvalue weighted by atomic mass is 10.2. The van der Waals surface area contributed by atoms with Crippen LogP contribution in [0.15, 0.2) is 95.2 Å². The molecule has 4 aromatic rings. The molecule has 2 N–H and O–H groups in total. The highest BCUT2D eigenvalue weighted by Crippen LogP contribution is 2.35. The summed E-state index contributed by atoms with van der Waals surface area (Å²) >= 11 is 8.66. The maximum Gasteiger partial charge on any atom is 0.226 e. The first kappa shape index (κ1) is 23.3. The van der Waals surface area contributed by atoms with E-state index in [1.54, 1.807) is 4.57 Å². The van der Waals surface area contributed by atoms with Crippen molar-refractivity contribution in [1.29, 1.82) is 0 Å². The first-order valence-electron chi connectivity index (χ1n) is 11.5. The first-order chi connectivity index (χ1) is 17.1. The number of thiol groups is 2. The van der Waals surface area contributed by atoms with E-state index in [1.165, 1.54) is 0 Å². The van der Waals surface area contributed by atoms with Gasteiger partial charge in [0.25, 0.3) is 0 Å². The number of hydrogen-bond donors (Lipinski definition) is 4. The van der Waals surface area contributed by atoms with Gasteiger partial charge < -0.3 is 15.5 Å². The summed E-state index contributed by atoms with van der Waals surface area (Å²) in [5.74, 6) is -0.0442. The minimum absolute atomic E-state index is 0.0442. The summed E-state index contributed by atoms with van der Waals surface area (Å²) in [5.41, 5.74) is 3.72. The molecule has 1 saturated carbocycles. The Kier molecular flexibility index (Phi) is 6.96. The Hall–Kier alpha value is -3.43. The van der Waals surface area contributed by atoms with Crippen LogP contribution >= 0.6 is 25.3 Å². The lowest BCUT2D eigenvalue weighted by molar-refractivity contribution is -0.116. The number of carbonyl (C=O) groups is 1. The second-order valence-corrected chi connectivity index (χ2v) is 9.23. The lowest BCUT2D eigenvalue weighted by Gasteiger charge is -2.25. The van der Waals surface area contributed by atoms with Crippen molar-refractivity contribution in [2.45, 2.75) is 35.2 Å². The highest BCUT2D eigenvalue weighted by molar-refractivity contribution is 7.80. The Labute approximate surface area is 215 Å². The Morgan fingerprint density at radius 2 is 1.57 bits per heavy atom. The van der Waals surface area contributed by atoms with E-state index in [9.17, 15) is 4.79 Å². The highest BCUT2D eigenvalue weighted by Gasteiger charge is 2.42. The van der Waals surface area contributed by atoms with Crippen molar-refractivity contribution >= 4 is 48.2 Å². The van der Waals surface area contributed by atoms with Crippen LogP contribution in [0.5, 0.6) is 0 Å². The molecule has 0 spiro atoms. The largest absolute Gasteiger partial charge is 0.380 e. The van der Waals surface area contributed by atoms with Crippen molar-refractivity contribution in [3.8, 4) is 5.69 Å². The van der Waals surface area contributed by atoms with Crippen molar-refractivity contribution in [2.24, 2.45) is 0 Å². The molecule has 5 rings (SSSR count). The minimum atomic E-state index is -0.0442. The Bertz CT molecular complexity index is 1280. The second-order valence-electron chi connectivity index (χ2n) is 8.43. The summed E-state index contributed by atoms with van der Waals surface area (Å²) in [6.07, 6.45) is 1.40. The molecular formula is C26H26N6OS2. The predicted octanol–water partition coefficient (Wildman–Crippen LogP) is 4.93. The second kappa shape index (κ2) is 10.5. The van der Waals surface area contributed by atoms with Gasteiger partial charge in [0.05, 0.1) is 11.7 Å². The zero-order chi connectivity index (χ0) is 24.2. The number of anilines is 3. The number of nitrogens with one attached hydrogen (secondary N) is 2. The number of rotatable bonds is 9. The van der Waals surface area contributed by atoms with Crippen molar-refractivity contribution in [3.63, 3.8) is 0 Å². The van der Waals surface area contributed by atoms with Crippen LogP contribution in [0.3, 0.4) is 0 Å². The van der Waals surface area contributed by atoms with E-state index >= 15 is 0 Å².